The Morgan fingerprint density at radius 2 is 0.634 bits per heavy atom. The zero-order valence-corrected chi connectivity index (χ0v) is 55.5. The van der Waals surface area contributed by atoms with E-state index in [0.29, 0.717) is 25.9 Å². The standard InChI is InChI=1S/C76H145NO5/c1-3-5-7-9-11-13-15-17-18-19-20-21-22-29-32-35-38-41-45-48-52-56-60-64-68-74(79)73(72-78)77-75(80)69-65-61-57-53-49-46-42-39-36-33-30-27-25-23-24-26-28-31-34-37-40-43-47-51-55-59-63-67-71-82-76(81)70-66-62-58-54-50-44-16-14-12-10-8-6-4-2/h8,10,14,16,23-24,73-74,78-79H,3-7,9,11-13,15,17-22,25-72H2,1-2H3,(H,77,80)/b10-8-,16-14-,24-23-. The summed E-state index contributed by atoms with van der Waals surface area (Å²) in [7, 11) is 0. The number of rotatable bonds is 70. The number of hydrogen-bond donors (Lipinski definition) is 3. The van der Waals surface area contributed by atoms with Crippen LogP contribution in [0.25, 0.3) is 0 Å². The number of esters is 1. The van der Waals surface area contributed by atoms with Crippen molar-refractivity contribution in [1.29, 1.82) is 0 Å². The first-order valence-electron chi connectivity index (χ1n) is 37.2. The van der Waals surface area contributed by atoms with Crippen molar-refractivity contribution in [3.8, 4) is 0 Å². The summed E-state index contributed by atoms with van der Waals surface area (Å²) in [6.45, 7) is 4.92. The third-order valence-electron chi connectivity index (χ3n) is 17.4. The molecule has 1 amide bonds. The molecule has 484 valence electrons. The molecule has 3 N–H and O–H groups in total. The maximum absolute atomic E-state index is 12.6. The van der Waals surface area contributed by atoms with Crippen molar-refractivity contribution in [2.75, 3.05) is 13.2 Å². The molecule has 0 bridgehead atoms. The minimum atomic E-state index is -0.666. The summed E-state index contributed by atoms with van der Waals surface area (Å²) < 4.78 is 5.48. The molecule has 0 saturated heterocycles. The minimum absolute atomic E-state index is 0.00102. The number of unbranched alkanes of at least 4 members (excludes halogenated alkanes) is 53. The second-order valence-corrected chi connectivity index (χ2v) is 25.6. The molecule has 6 heteroatoms. The molecule has 0 aromatic rings. The molecule has 0 heterocycles. The molecule has 0 rings (SSSR count). The normalized spacial score (nSPS) is 12.7. The number of aliphatic hydroxyl groups excluding tert-OH is 2. The van der Waals surface area contributed by atoms with E-state index in [-0.39, 0.29) is 18.5 Å². The second-order valence-electron chi connectivity index (χ2n) is 25.6. The van der Waals surface area contributed by atoms with Gasteiger partial charge in [0.15, 0.2) is 0 Å². The van der Waals surface area contributed by atoms with Gasteiger partial charge in [-0.15, -0.1) is 0 Å². The Hall–Kier alpha value is -1.92. The van der Waals surface area contributed by atoms with Gasteiger partial charge < -0.3 is 20.3 Å². The van der Waals surface area contributed by atoms with Crippen molar-refractivity contribution in [2.24, 2.45) is 0 Å². The van der Waals surface area contributed by atoms with Crippen LogP contribution < -0.4 is 5.32 Å². The first kappa shape index (κ1) is 80.1. The monoisotopic (exact) mass is 1150 g/mol. The van der Waals surface area contributed by atoms with E-state index >= 15 is 0 Å². The van der Waals surface area contributed by atoms with E-state index in [1.165, 1.54) is 327 Å². The van der Waals surface area contributed by atoms with Gasteiger partial charge in [0.2, 0.25) is 5.91 Å². The summed E-state index contributed by atoms with van der Waals surface area (Å²) in [6, 6.07) is -0.543. The van der Waals surface area contributed by atoms with Crippen LogP contribution in [0.3, 0.4) is 0 Å². The maximum atomic E-state index is 12.6. The molecule has 0 aliphatic heterocycles. The van der Waals surface area contributed by atoms with Gasteiger partial charge in [-0.3, -0.25) is 9.59 Å². The van der Waals surface area contributed by atoms with E-state index in [4.69, 9.17) is 4.74 Å². The van der Waals surface area contributed by atoms with Crippen molar-refractivity contribution in [2.45, 2.75) is 424 Å². The van der Waals surface area contributed by atoms with Crippen LogP contribution in [0.5, 0.6) is 0 Å². The number of ether oxygens (including phenoxy) is 1. The van der Waals surface area contributed by atoms with Crippen LogP contribution in [-0.4, -0.2) is 47.4 Å². The molecule has 0 aliphatic carbocycles. The van der Waals surface area contributed by atoms with E-state index < -0.39 is 12.1 Å². The van der Waals surface area contributed by atoms with Crippen LogP contribution in [0.4, 0.5) is 0 Å². The first-order valence-corrected chi connectivity index (χ1v) is 37.2. The number of carbonyl (C=O) groups is 2. The molecule has 0 radical (unpaired) electrons. The van der Waals surface area contributed by atoms with Crippen LogP contribution >= 0.6 is 0 Å². The van der Waals surface area contributed by atoms with E-state index in [1.54, 1.807) is 0 Å². The number of nitrogens with one attached hydrogen (secondary N) is 1. The van der Waals surface area contributed by atoms with Crippen molar-refractivity contribution < 1.29 is 24.5 Å². The highest BCUT2D eigenvalue weighted by Gasteiger charge is 2.20. The lowest BCUT2D eigenvalue weighted by atomic mass is 10.0. The number of hydrogen-bond acceptors (Lipinski definition) is 5. The molecule has 0 fully saturated rings. The molecule has 6 nitrogen and oxygen atoms in total. The molecule has 2 atom stereocenters. The fourth-order valence-corrected chi connectivity index (χ4v) is 11.7. The zero-order chi connectivity index (χ0) is 59.2. The predicted molar refractivity (Wildman–Crippen MR) is 361 cm³/mol. The second kappa shape index (κ2) is 71.6. The van der Waals surface area contributed by atoms with Crippen LogP contribution in [-0.2, 0) is 14.3 Å². The average Bonchev–Trinajstić information content (AvgIpc) is 3.48. The average molecular weight is 1150 g/mol. The smallest absolute Gasteiger partial charge is 0.305 e. The Labute approximate surface area is 513 Å². The predicted octanol–water partition coefficient (Wildman–Crippen LogP) is 24.3. The van der Waals surface area contributed by atoms with Crippen molar-refractivity contribution in [3.63, 3.8) is 0 Å². The maximum Gasteiger partial charge on any atom is 0.305 e. The van der Waals surface area contributed by atoms with Gasteiger partial charge in [-0.05, 0) is 77.0 Å². The number of aliphatic hydroxyl groups is 2. The van der Waals surface area contributed by atoms with Gasteiger partial charge in [0, 0.05) is 12.8 Å². The van der Waals surface area contributed by atoms with E-state index in [2.05, 4.69) is 55.6 Å². The number of amides is 1. The Morgan fingerprint density at radius 1 is 0.341 bits per heavy atom. The fourth-order valence-electron chi connectivity index (χ4n) is 11.7. The summed E-state index contributed by atoms with van der Waals surface area (Å²) >= 11 is 0. The minimum Gasteiger partial charge on any atom is -0.466 e. The highest BCUT2D eigenvalue weighted by Crippen LogP contribution is 2.19. The van der Waals surface area contributed by atoms with Gasteiger partial charge in [-0.25, -0.2) is 0 Å². The first-order chi connectivity index (χ1) is 40.5. The van der Waals surface area contributed by atoms with E-state index in [9.17, 15) is 19.8 Å². The molecule has 82 heavy (non-hydrogen) atoms. The Morgan fingerprint density at radius 3 is 0.988 bits per heavy atom. The summed E-state index contributed by atoms with van der Waals surface area (Å²) in [5.74, 6) is -0.0291. The Balaban J connectivity index is 3.39. The van der Waals surface area contributed by atoms with E-state index in [1.807, 2.05) is 0 Å². The molecule has 0 saturated carbocycles. The lowest BCUT2D eigenvalue weighted by Crippen LogP contribution is -2.45. The van der Waals surface area contributed by atoms with Crippen molar-refractivity contribution in [3.05, 3.63) is 36.5 Å². The topological polar surface area (TPSA) is 95.9 Å². The number of carbonyl (C=O) groups excluding carboxylic acids is 2. The van der Waals surface area contributed by atoms with Crippen molar-refractivity contribution >= 4 is 11.9 Å². The molecular weight excluding hydrogens is 1010 g/mol. The third-order valence-corrected chi connectivity index (χ3v) is 17.4. The quantitative estimate of drug-likeness (QED) is 0.0320. The summed E-state index contributed by atoms with van der Waals surface area (Å²) in [6.07, 6.45) is 92.1. The van der Waals surface area contributed by atoms with Crippen molar-refractivity contribution in [1.82, 2.24) is 5.32 Å². The molecule has 0 aromatic heterocycles. The summed E-state index contributed by atoms with van der Waals surface area (Å²) in [5.41, 5.74) is 0. The van der Waals surface area contributed by atoms with Crippen LogP contribution in [0, 0.1) is 0 Å². The number of allylic oxidation sites excluding steroid dienone is 6. The SMILES string of the molecule is CCC/C=C\C/C=C\CCCCCCCC(=O)OCCCCCCCCCCCCCC/C=C\CCCCCCCCCCCCCCC(=O)NC(CO)C(O)CCCCCCCCCCCCCCCCCCCCCCCCCC. The van der Waals surface area contributed by atoms with Gasteiger partial charge in [-0.2, -0.15) is 0 Å². The van der Waals surface area contributed by atoms with E-state index in [0.717, 1.165) is 51.4 Å². The fraction of sp³-hybridized carbons (Fsp3) is 0.895. The van der Waals surface area contributed by atoms with Gasteiger partial charge in [0.1, 0.15) is 0 Å². The van der Waals surface area contributed by atoms with Gasteiger partial charge in [0.25, 0.3) is 0 Å². The highest BCUT2D eigenvalue weighted by atomic mass is 16.5. The van der Waals surface area contributed by atoms with Gasteiger partial charge >= 0.3 is 5.97 Å². The van der Waals surface area contributed by atoms with Crippen LogP contribution in [0.2, 0.25) is 0 Å². The molecule has 0 aromatic carbocycles. The Kier molecular flexibility index (Phi) is 69.9. The highest BCUT2D eigenvalue weighted by molar-refractivity contribution is 5.76. The summed E-state index contributed by atoms with van der Waals surface area (Å²) in [5, 5.41) is 23.5. The molecule has 0 aliphatic rings. The van der Waals surface area contributed by atoms with Gasteiger partial charge in [0.05, 0.1) is 25.4 Å². The summed E-state index contributed by atoms with van der Waals surface area (Å²) in [4.78, 5) is 24.6. The lowest BCUT2D eigenvalue weighted by molar-refractivity contribution is -0.143. The van der Waals surface area contributed by atoms with Gasteiger partial charge in [-0.1, -0.05) is 359 Å². The molecule has 2 unspecified atom stereocenters. The van der Waals surface area contributed by atoms with Crippen LogP contribution in [0.15, 0.2) is 36.5 Å². The molecule has 0 spiro atoms. The zero-order valence-electron chi connectivity index (χ0n) is 55.5. The Bertz CT molecular complexity index is 1330. The largest absolute Gasteiger partial charge is 0.466 e. The van der Waals surface area contributed by atoms with Crippen LogP contribution in [0.1, 0.15) is 412 Å². The lowest BCUT2D eigenvalue weighted by Gasteiger charge is -2.22. The molecular formula is C76H145NO5. The third kappa shape index (κ3) is 67.2.